The number of hydrogen-bond donors (Lipinski definition) is 0. The van der Waals surface area contributed by atoms with Gasteiger partial charge in [0.1, 0.15) is 0 Å². The Morgan fingerprint density at radius 3 is 2.32 bits per heavy atom. The molecule has 1 saturated heterocycles. The van der Waals surface area contributed by atoms with E-state index in [2.05, 4.69) is 0 Å². The minimum atomic E-state index is -0.124. The van der Waals surface area contributed by atoms with Crippen molar-refractivity contribution in [1.29, 1.82) is 0 Å². The topological polar surface area (TPSA) is 40.6 Å². The van der Waals surface area contributed by atoms with E-state index in [1.807, 2.05) is 42.2 Å². The van der Waals surface area contributed by atoms with Crippen molar-refractivity contribution >= 4 is 11.8 Å². The molecule has 1 aliphatic heterocycles. The van der Waals surface area contributed by atoms with E-state index in [1.54, 1.807) is 6.54 Å². The minimum absolute atomic E-state index is 0.124. The number of nitrogens with zero attached hydrogens (tertiary/aromatic N) is 2. The standard InChI is InChI=1S/C15H19N2O2/c1-2-3-9-17-14(18)11-16(12-15(17)19)10-13-7-5-4-6-8-13/h4-9H,2-3,10-12H2,1H3. The lowest BCUT2D eigenvalue weighted by Gasteiger charge is -2.32. The Hall–Kier alpha value is -1.68. The van der Waals surface area contributed by atoms with Gasteiger partial charge in [-0.2, -0.15) is 0 Å². The second-order valence-corrected chi connectivity index (χ2v) is 4.76. The van der Waals surface area contributed by atoms with Gasteiger partial charge in [0, 0.05) is 6.54 Å². The van der Waals surface area contributed by atoms with Gasteiger partial charge in [0.05, 0.1) is 19.6 Å². The first-order valence-corrected chi connectivity index (χ1v) is 6.65. The number of carbonyl (C=O) groups is 2. The summed E-state index contributed by atoms with van der Waals surface area (Å²) in [7, 11) is 0. The van der Waals surface area contributed by atoms with Crippen LogP contribution in [0.15, 0.2) is 30.3 Å². The Balaban J connectivity index is 1.94. The number of amides is 2. The first kappa shape index (κ1) is 13.7. The van der Waals surface area contributed by atoms with Gasteiger partial charge in [-0.15, -0.1) is 0 Å². The third-order valence-corrected chi connectivity index (χ3v) is 3.10. The van der Waals surface area contributed by atoms with Crippen LogP contribution in [0.4, 0.5) is 0 Å². The summed E-state index contributed by atoms with van der Waals surface area (Å²) < 4.78 is 0. The molecule has 4 heteroatoms. The smallest absolute Gasteiger partial charge is 0.243 e. The van der Waals surface area contributed by atoms with Gasteiger partial charge in [-0.05, 0) is 12.0 Å². The first-order valence-electron chi connectivity index (χ1n) is 6.65. The van der Waals surface area contributed by atoms with Crippen molar-refractivity contribution in [3.8, 4) is 0 Å². The Bertz CT molecular complexity index is 427. The Kier molecular flexibility index (Phi) is 4.68. The van der Waals surface area contributed by atoms with Crippen molar-refractivity contribution in [1.82, 2.24) is 9.80 Å². The molecule has 19 heavy (non-hydrogen) atoms. The largest absolute Gasteiger partial charge is 0.281 e. The summed E-state index contributed by atoms with van der Waals surface area (Å²) in [5.41, 5.74) is 1.12. The molecule has 0 aromatic heterocycles. The van der Waals surface area contributed by atoms with Crippen LogP contribution in [0.3, 0.4) is 0 Å². The molecule has 0 spiro atoms. The van der Waals surface area contributed by atoms with E-state index in [-0.39, 0.29) is 11.8 Å². The van der Waals surface area contributed by atoms with Crippen molar-refractivity contribution in [3.63, 3.8) is 0 Å². The van der Waals surface area contributed by atoms with Crippen LogP contribution in [0.2, 0.25) is 0 Å². The molecule has 1 radical (unpaired) electrons. The second kappa shape index (κ2) is 6.48. The maximum atomic E-state index is 11.9. The molecular formula is C15H19N2O2. The number of rotatable bonds is 5. The zero-order valence-corrected chi connectivity index (χ0v) is 11.2. The third kappa shape index (κ3) is 3.64. The summed E-state index contributed by atoms with van der Waals surface area (Å²) in [5.74, 6) is -0.249. The fraction of sp³-hybridized carbons (Fsp3) is 0.400. The van der Waals surface area contributed by atoms with Crippen LogP contribution in [0.25, 0.3) is 0 Å². The van der Waals surface area contributed by atoms with Gasteiger partial charge in [-0.1, -0.05) is 43.7 Å². The van der Waals surface area contributed by atoms with Gasteiger partial charge in [-0.25, -0.2) is 0 Å². The predicted octanol–water partition coefficient (Wildman–Crippen LogP) is 1.82. The van der Waals surface area contributed by atoms with Crippen LogP contribution in [0.5, 0.6) is 0 Å². The number of benzene rings is 1. The number of carbonyl (C=O) groups excluding carboxylic acids is 2. The van der Waals surface area contributed by atoms with Crippen LogP contribution in [0.1, 0.15) is 25.3 Å². The predicted molar refractivity (Wildman–Crippen MR) is 72.8 cm³/mol. The Morgan fingerprint density at radius 1 is 1.11 bits per heavy atom. The van der Waals surface area contributed by atoms with E-state index in [0.29, 0.717) is 19.6 Å². The molecule has 0 atom stereocenters. The zero-order chi connectivity index (χ0) is 13.7. The molecule has 0 aliphatic carbocycles. The average Bonchev–Trinajstić information content (AvgIpc) is 2.39. The molecular weight excluding hydrogens is 240 g/mol. The number of hydrogen-bond acceptors (Lipinski definition) is 3. The van der Waals surface area contributed by atoms with Crippen LogP contribution in [-0.2, 0) is 16.1 Å². The lowest BCUT2D eigenvalue weighted by atomic mass is 10.2. The third-order valence-electron chi connectivity index (χ3n) is 3.10. The molecule has 0 saturated carbocycles. The van der Waals surface area contributed by atoms with Crippen LogP contribution in [0, 0.1) is 6.54 Å². The van der Waals surface area contributed by atoms with Gasteiger partial charge in [0.2, 0.25) is 11.8 Å². The lowest BCUT2D eigenvalue weighted by Crippen LogP contribution is -2.52. The molecule has 0 unspecified atom stereocenters. The summed E-state index contributed by atoms with van der Waals surface area (Å²) >= 11 is 0. The molecule has 1 heterocycles. The zero-order valence-electron chi connectivity index (χ0n) is 11.2. The van der Waals surface area contributed by atoms with Crippen LogP contribution >= 0.6 is 0 Å². The quantitative estimate of drug-likeness (QED) is 0.757. The summed E-state index contributed by atoms with van der Waals surface area (Å²) in [6.45, 7) is 4.99. The molecule has 1 aromatic rings. The molecule has 0 N–H and O–H groups in total. The Morgan fingerprint density at radius 2 is 1.74 bits per heavy atom. The van der Waals surface area contributed by atoms with Gasteiger partial charge in [-0.3, -0.25) is 19.4 Å². The molecule has 1 fully saturated rings. The molecule has 0 bridgehead atoms. The Labute approximate surface area is 114 Å². The van der Waals surface area contributed by atoms with Crippen LogP contribution in [-0.4, -0.2) is 34.7 Å². The average molecular weight is 259 g/mol. The maximum absolute atomic E-state index is 11.9. The number of piperazine rings is 1. The van der Waals surface area contributed by atoms with Gasteiger partial charge < -0.3 is 0 Å². The lowest BCUT2D eigenvalue weighted by molar-refractivity contribution is -0.149. The highest BCUT2D eigenvalue weighted by Crippen LogP contribution is 2.12. The van der Waals surface area contributed by atoms with E-state index in [1.165, 1.54) is 4.90 Å². The summed E-state index contributed by atoms with van der Waals surface area (Å²) in [5, 5.41) is 0. The van der Waals surface area contributed by atoms with Crippen molar-refractivity contribution in [3.05, 3.63) is 42.4 Å². The maximum Gasteiger partial charge on any atom is 0.243 e. The number of imide groups is 1. The molecule has 4 nitrogen and oxygen atoms in total. The van der Waals surface area contributed by atoms with Crippen molar-refractivity contribution in [2.24, 2.45) is 0 Å². The minimum Gasteiger partial charge on any atom is -0.281 e. The molecule has 2 amide bonds. The van der Waals surface area contributed by atoms with E-state index in [4.69, 9.17) is 0 Å². The monoisotopic (exact) mass is 259 g/mol. The fourth-order valence-corrected chi connectivity index (χ4v) is 2.15. The van der Waals surface area contributed by atoms with Gasteiger partial charge in [0.15, 0.2) is 0 Å². The highest BCUT2D eigenvalue weighted by molar-refractivity contribution is 6.00. The van der Waals surface area contributed by atoms with Gasteiger partial charge >= 0.3 is 0 Å². The van der Waals surface area contributed by atoms with Crippen molar-refractivity contribution in [2.75, 3.05) is 13.1 Å². The van der Waals surface area contributed by atoms with E-state index < -0.39 is 0 Å². The first-order chi connectivity index (χ1) is 9.20. The van der Waals surface area contributed by atoms with Crippen molar-refractivity contribution < 1.29 is 9.59 Å². The summed E-state index contributed by atoms with van der Waals surface area (Å²) in [6, 6.07) is 9.89. The van der Waals surface area contributed by atoms with Crippen LogP contribution < -0.4 is 0 Å². The van der Waals surface area contributed by atoms with E-state index >= 15 is 0 Å². The molecule has 101 valence electrons. The highest BCUT2D eigenvalue weighted by Gasteiger charge is 2.30. The SMILES string of the molecule is CCC[CH]N1C(=O)CN(Cc2ccccc2)CC1=O. The van der Waals surface area contributed by atoms with E-state index in [9.17, 15) is 9.59 Å². The summed E-state index contributed by atoms with van der Waals surface area (Å²) in [6.07, 6.45) is 1.70. The van der Waals surface area contributed by atoms with Crippen molar-refractivity contribution in [2.45, 2.75) is 26.3 Å². The number of unbranched alkanes of at least 4 members (excludes halogenated alkanes) is 1. The highest BCUT2D eigenvalue weighted by atomic mass is 16.2. The normalized spacial score (nSPS) is 17.0. The molecule has 1 aromatic carbocycles. The molecule has 2 rings (SSSR count). The van der Waals surface area contributed by atoms with Gasteiger partial charge in [0.25, 0.3) is 0 Å². The fourth-order valence-electron chi connectivity index (χ4n) is 2.15. The molecule has 1 aliphatic rings. The summed E-state index contributed by atoms with van der Waals surface area (Å²) in [4.78, 5) is 27.1. The van der Waals surface area contributed by atoms with E-state index in [0.717, 1.165) is 18.4 Å². The second-order valence-electron chi connectivity index (χ2n) is 4.76.